The van der Waals surface area contributed by atoms with Gasteiger partial charge in [-0.15, -0.1) is 0 Å². The van der Waals surface area contributed by atoms with Crippen LogP contribution in [0.25, 0.3) is 0 Å². The fraction of sp³-hybridized carbons (Fsp3) is 1.00. The van der Waals surface area contributed by atoms with Crippen LogP contribution in [0.5, 0.6) is 0 Å². The minimum absolute atomic E-state index is 0.0185. The average Bonchev–Trinajstić information content (AvgIpc) is 2.66. The highest BCUT2D eigenvalue weighted by Gasteiger charge is 2.46. The molecule has 0 aromatic heterocycles. The molecule has 1 nitrogen and oxygen atoms in total. The zero-order valence-corrected chi connectivity index (χ0v) is 16.7. The van der Waals surface area contributed by atoms with Gasteiger partial charge < -0.3 is 4.74 Å². The second kappa shape index (κ2) is 9.45. The molecule has 0 aromatic carbocycles. The lowest BCUT2D eigenvalue weighted by Crippen LogP contribution is -2.42. The third-order valence-corrected chi connectivity index (χ3v) is 7.47. The van der Waals surface area contributed by atoms with E-state index in [1.165, 1.54) is 38.5 Å². The quantitative estimate of drug-likeness (QED) is 0.433. The second-order valence-electron chi connectivity index (χ2n) is 9.33. The first-order valence-electron chi connectivity index (χ1n) is 11.2. The zero-order valence-electron chi connectivity index (χ0n) is 16.7. The summed E-state index contributed by atoms with van der Waals surface area (Å²) < 4.78 is 60.9. The van der Waals surface area contributed by atoms with Crippen LogP contribution in [-0.2, 0) is 4.74 Å². The van der Waals surface area contributed by atoms with Crippen LogP contribution in [0.3, 0.4) is 0 Å². The van der Waals surface area contributed by atoms with Crippen LogP contribution in [0.1, 0.15) is 90.4 Å². The fourth-order valence-electron chi connectivity index (χ4n) is 5.75. The van der Waals surface area contributed by atoms with Gasteiger partial charge in [0.15, 0.2) is 0 Å². The number of ether oxygens (including phenoxy) is 1. The highest BCUT2D eigenvalue weighted by atomic mass is 19.3. The van der Waals surface area contributed by atoms with Crippen LogP contribution in [0, 0.1) is 23.7 Å². The largest absolute Gasteiger partial charge is 0.358 e. The molecule has 0 aliphatic heterocycles. The average molecular weight is 393 g/mol. The molecule has 0 N–H and O–H groups in total. The van der Waals surface area contributed by atoms with Crippen molar-refractivity contribution in [2.75, 3.05) is 0 Å². The third-order valence-electron chi connectivity index (χ3n) is 7.47. The van der Waals surface area contributed by atoms with Crippen LogP contribution in [-0.4, -0.2) is 24.6 Å². The summed E-state index contributed by atoms with van der Waals surface area (Å²) in [5.74, 6) is 1.39. The maximum atomic E-state index is 14.6. The van der Waals surface area contributed by atoms with Gasteiger partial charge in [-0.3, -0.25) is 0 Å². The van der Waals surface area contributed by atoms with Crippen LogP contribution in [0.15, 0.2) is 0 Å². The molecule has 5 heteroatoms. The van der Waals surface area contributed by atoms with Crippen LogP contribution < -0.4 is 0 Å². The molecule has 158 valence electrons. The molecular formula is C22H36F4O. The van der Waals surface area contributed by atoms with E-state index in [0.717, 1.165) is 18.8 Å². The van der Waals surface area contributed by atoms with Crippen molar-refractivity contribution in [1.82, 2.24) is 0 Å². The van der Waals surface area contributed by atoms with Gasteiger partial charge >= 0.3 is 6.11 Å². The van der Waals surface area contributed by atoms with Gasteiger partial charge in [0.25, 0.3) is 0 Å². The Hall–Kier alpha value is -0.320. The Balaban J connectivity index is 1.43. The summed E-state index contributed by atoms with van der Waals surface area (Å²) in [6.07, 6.45) is 3.08. The zero-order chi connectivity index (χ0) is 19.4. The summed E-state index contributed by atoms with van der Waals surface area (Å²) in [6.45, 7) is 2.24. The topological polar surface area (TPSA) is 9.23 Å². The van der Waals surface area contributed by atoms with E-state index in [0.29, 0.717) is 24.7 Å². The Morgan fingerprint density at radius 1 is 0.778 bits per heavy atom. The highest BCUT2D eigenvalue weighted by molar-refractivity contribution is 4.86. The van der Waals surface area contributed by atoms with Crippen molar-refractivity contribution in [2.45, 2.75) is 115 Å². The molecule has 3 saturated carbocycles. The molecule has 0 amide bonds. The monoisotopic (exact) mass is 392 g/mol. The standard InChI is InChI=1S/C22H36F4O/c1-2-3-15-4-6-16(7-5-15)17-8-10-18(11-9-17)22(25,26)27-19-12-13-20(23)21(24)14-19/h15-21H,2-14H2,1H3. The molecule has 3 rings (SSSR count). The van der Waals surface area contributed by atoms with Crippen molar-refractivity contribution in [1.29, 1.82) is 0 Å². The van der Waals surface area contributed by atoms with Gasteiger partial charge in [-0.1, -0.05) is 32.6 Å². The molecule has 0 spiro atoms. The van der Waals surface area contributed by atoms with Gasteiger partial charge in [0.2, 0.25) is 0 Å². The molecule has 0 radical (unpaired) electrons. The first kappa shape index (κ1) is 21.4. The van der Waals surface area contributed by atoms with Crippen LogP contribution >= 0.6 is 0 Å². The summed E-state index contributed by atoms with van der Waals surface area (Å²) >= 11 is 0. The van der Waals surface area contributed by atoms with Crippen molar-refractivity contribution in [3.63, 3.8) is 0 Å². The Kier molecular flexibility index (Phi) is 7.49. The van der Waals surface area contributed by atoms with Gasteiger partial charge in [-0.2, -0.15) is 8.78 Å². The Morgan fingerprint density at radius 3 is 1.93 bits per heavy atom. The molecular weight excluding hydrogens is 356 g/mol. The minimum Gasteiger partial charge on any atom is -0.317 e. The van der Waals surface area contributed by atoms with Crippen LogP contribution in [0.2, 0.25) is 0 Å². The van der Waals surface area contributed by atoms with E-state index in [2.05, 4.69) is 6.92 Å². The Morgan fingerprint density at radius 2 is 1.37 bits per heavy atom. The number of rotatable bonds is 6. The lowest BCUT2D eigenvalue weighted by atomic mass is 9.68. The smallest absolute Gasteiger partial charge is 0.317 e. The molecule has 27 heavy (non-hydrogen) atoms. The molecule has 3 atom stereocenters. The SMILES string of the molecule is CCCC1CCC(C2CCC(C(F)(F)OC3CCC(F)C(F)C3)CC2)CC1. The number of alkyl halides is 4. The van der Waals surface area contributed by atoms with Gasteiger partial charge in [-0.25, -0.2) is 8.78 Å². The summed E-state index contributed by atoms with van der Waals surface area (Å²) in [6, 6.07) is 0. The third kappa shape index (κ3) is 5.61. The fourth-order valence-corrected chi connectivity index (χ4v) is 5.75. The molecule has 3 aliphatic carbocycles. The van der Waals surface area contributed by atoms with Gasteiger partial charge in [0.1, 0.15) is 12.3 Å². The van der Waals surface area contributed by atoms with Crippen molar-refractivity contribution in [3.8, 4) is 0 Å². The number of halogens is 4. The normalized spacial score (nSPS) is 41.4. The molecule has 3 aliphatic rings. The lowest BCUT2D eigenvalue weighted by Gasteiger charge is -2.40. The van der Waals surface area contributed by atoms with Gasteiger partial charge in [0.05, 0.1) is 12.0 Å². The van der Waals surface area contributed by atoms with Gasteiger partial charge in [0, 0.05) is 6.42 Å². The van der Waals surface area contributed by atoms with Crippen LogP contribution in [0.4, 0.5) is 17.6 Å². The summed E-state index contributed by atoms with van der Waals surface area (Å²) in [5.41, 5.74) is 0. The first-order valence-corrected chi connectivity index (χ1v) is 11.2. The maximum absolute atomic E-state index is 14.6. The Labute approximate surface area is 161 Å². The predicted molar refractivity (Wildman–Crippen MR) is 99.3 cm³/mol. The molecule has 0 bridgehead atoms. The van der Waals surface area contributed by atoms with Crippen molar-refractivity contribution in [2.24, 2.45) is 23.7 Å². The summed E-state index contributed by atoms with van der Waals surface area (Å²) in [4.78, 5) is 0. The summed E-state index contributed by atoms with van der Waals surface area (Å²) in [5, 5.41) is 0. The molecule has 0 saturated heterocycles. The molecule has 0 heterocycles. The highest BCUT2D eigenvalue weighted by Crippen LogP contribution is 2.46. The van der Waals surface area contributed by atoms with E-state index in [4.69, 9.17) is 4.74 Å². The van der Waals surface area contributed by atoms with Crippen molar-refractivity contribution < 1.29 is 22.3 Å². The van der Waals surface area contributed by atoms with Gasteiger partial charge in [-0.05, 0) is 69.1 Å². The van der Waals surface area contributed by atoms with E-state index in [9.17, 15) is 17.6 Å². The lowest BCUT2D eigenvalue weighted by molar-refractivity contribution is -0.304. The molecule has 3 fully saturated rings. The second-order valence-corrected chi connectivity index (χ2v) is 9.33. The van der Waals surface area contributed by atoms with E-state index in [1.807, 2.05) is 0 Å². The first-order chi connectivity index (χ1) is 12.9. The number of hydrogen-bond donors (Lipinski definition) is 0. The van der Waals surface area contributed by atoms with E-state index in [-0.39, 0.29) is 19.3 Å². The van der Waals surface area contributed by atoms with E-state index in [1.54, 1.807) is 0 Å². The minimum atomic E-state index is -3.21. The molecule has 3 unspecified atom stereocenters. The van der Waals surface area contributed by atoms with Crippen molar-refractivity contribution >= 4 is 0 Å². The van der Waals surface area contributed by atoms with E-state index >= 15 is 0 Å². The Bertz CT molecular complexity index is 442. The van der Waals surface area contributed by atoms with Crippen molar-refractivity contribution in [3.05, 3.63) is 0 Å². The van der Waals surface area contributed by atoms with E-state index < -0.39 is 30.5 Å². The maximum Gasteiger partial charge on any atom is 0.358 e. The molecule has 0 aromatic rings. The summed E-state index contributed by atoms with van der Waals surface area (Å²) in [7, 11) is 0. The predicted octanol–water partition coefficient (Wildman–Crippen LogP) is 7.24. The number of hydrogen-bond acceptors (Lipinski definition) is 1.